The Morgan fingerprint density at radius 3 is 0.575 bits per heavy atom. The van der Waals surface area contributed by atoms with Gasteiger partial charge in [-0.05, 0) is 25.3 Å². The Bertz CT molecular complexity index is 4100. The van der Waals surface area contributed by atoms with Crippen molar-refractivity contribution in [2.75, 3.05) is 85.9 Å². The molecule has 0 aliphatic rings. The number of ether oxygens (including phenoxy) is 6. The minimum absolute atomic E-state index is 0. The van der Waals surface area contributed by atoms with Crippen LogP contribution in [-0.2, 0) is 175 Å². The smallest absolute Gasteiger partial charge is 0.532 e. The van der Waals surface area contributed by atoms with Crippen LogP contribution in [-0.4, -0.2) is 430 Å². The van der Waals surface area contributed by atoms with E-state index in [2.05, 4.69) is 13.2 Å². The summed E-state index contributed by atoms with van der Waals surface area (Å²) in [6.45, 7) is 20.1. The molecule has 6 atom stereocenters. The van der Waals surface area contributed by atoms with E-state index in [0.29, 0.717) is 6.61 Å². The minimum atomic E-state index is -4.66. The predicted octanol–water partition coefficient (Wildman–Crippen LogP) is -10.1. The van der Waals surface area contributed by atoms with Gasteiger partial charge in [-0.15, -0.1) is 13.2 Å². The van der Waals surface area contributed by atoms with Crippen molar-refractivity contribution in [2.45, 2.75) is 148 Å². The van der Waals surface area contributed by atoms with Crippen molar-refractivity contribution < 1.29 is 212 Å². The van der Waals surface area contributed by atoms with Crippen molar-refractivity contribution in [3.8, 4) is 0 Å². The summed E-state index contributed by atoms with van der Waals surface area (Å²) in [6.07, 6.45) is -4.11. The van der Waals surface area contributed by atoms with E-state index in [1.807, 2.05) is 19.6 Å². The van der Waals surface area contributed by atoms with Crippen LogP contribution in [0.1, 0.15) is 53.4 Å². The molecule has 0 saturated carbocycles. The molecule has 0 amide bonds. The lowest BCUT2D eigenvalue weighted by Crippen LogP contribution is -2.58. The monoisotopic (exact) mass is 2290 g/mol. The zero-order chi connectivity index (χ0) is 89.0. The van der Waals surface area contributed by atoms with Crippen molar-refractivity contribution in [3.05, 3.63) is 24.9 Å². The number of hydrogen-bond donors (Lipinski definition) is 7. The average molecular weight is 2290 g/mol. The van der Waals surface area contributed by atoms with Crippen molar-refractivity contribution in [1.29, 1.82) is 0 Å². The molecule has 6 unspecified atom stereocenters. The predicted molar refractivity (Wildman–Crippen MR) is 455 cm³/mol. The molecule has 0 fully saturated rings. The van der Waals surface area contributed by atoms with Crippen LogP contribution < -0.4 is 0 Å². The second-order valence-electron chi connectivity index (χ2n) is 25.1. The van der Waals surface area contributed by atoms with Crippen LogP contribution in [0.15, 0.2) is 24.9 Å². The van der Waals surface area contributed by atoms with Gasteiger partial charge in [0.2, 0.25) is 8.32 Å². The second kappa shape index (κ2) is 69.8. The molecule has 81 heteroatoms. The third-order valence-electron chi connectivity index (χ3n) is 12.0. The molecule has 0 heterocycles. The number of aliphatic hydroxyl groups is 7. The van der Waals surface area contributed by atoms with Gasteiger partial charge in [-0.3, -0.25) is 0 Å². The van der Waals surface area contributed by atoms with Gasteiger partial charge in [0.05, 0.1) is 85.9 Å². The standard InChI is InChI=1S/C21H42O13.C6H18O29Si30.C5H12O4Si5.7CH4.H2/c1-2-3-29-6-17(24)7-31-10-19(26)11-33-14-21(28)15-34-13-20(27)12-32-9-18(25)8-30-5-16(23)4-22;1-64(2,3)35-36(7)37(8)38(9)39(10)40(11)41(12)42(13)43(14)44(15)45(16)46(17)47(18)48(19)49(20)50(21)51(22)52(23)53(24)54(25)55(26)56(27)57(28)58(29)59(30)60(31)61(32)62(33)63(34)65(4,5)6;1-5-10(6)11(7)12(8)13(9)14(2,3)4;;;;;;;;/h2,16-28H,1,3-15H2;1-6H3;5H,1H2,2-4H3;7*1H4;1H. The molecular weight excluding hydrogens is 2190 g/mol. The number of aliphatic hydroxyl groups excluding tert-OH is 7. The summed E-state index contributed by atoms with van der Waals surface area (Å²) in [5.74, 6) is 0. The maximum absolute atomic E-state index is 12.7. The van der Waals surface area contributed by atoms with Gasteiger partial charge in [-0.25, -0.2) is 0 Å². The molecule has 7 N–H and O–H groups in total. The molecule has 46 nitrogen and oxygen atoms in total. The zero-order valence-corrected chi connectivity index (χ0v) is 95.8. The molecule has 0 aromatic heterocycles. The fourth-order valence-electron chi connectivity index (χ4n) is 6.27. The van der Waals surface area contributed by atoms with Crippen LogP contribution in [0.4, 0.5) is 0 Å². The first-order chi connectivity index (χ1) is 51.7. The lowest BCUT2D eigenvalue weighted by molar-refractivity contribution is -0.0846. The van der Waals surface area contributed by atoms with Gasteiger partial charge in [-0.1, -0.05) is 97.3 Å². The molecule has 0 aromatic rings. The second-order valence-corrected chi connectivity index (χ2v) is 199. The van der Waals surface area contributed by atoms with Crippen LogP contribution in [0.2, 0.25) is 58.9 Å². The third-order valence-corrected chi connectivity index (χ3v) is 272. The van der Waals surface area contributed by atoms with E-state index in [1.54, 1.807) is 6.08 Å². The molecular formula is C39H102O46Si35. The van der Waals surface area contributed by atoms with E-state index >= 15 is 0 Å². The Morgan fingerprint density at radius 2 is 0.417 bits per heavy atom. The largest absolute Gasteiger partial charge is 0.578 e. The summed E-state index contributed by atoms with van der Waals surface area (Å²) in [5.41, 5.74) is 1.08. The molecule has 0 saturated heterocycles. The molecule has 0 radical (unpaired) electrons. The van der Waals surface area contributed by atoms with Crippen molar-refractivity contribution in [2.24, 2.45) is 0 Å². The van der Waals surface area contributed by atoms with Gasteiger partial charge >= 0.3 is 248 Å². The Morgan fingerprint density at radius 1 is 0.258 bits per heavy atom. The highest BCUT2D eigenvalue weighted by Crippen LogP contribution is 2.05. The highest BCUT2D eigenvalue weighted by molar-refractivity contribution is 7.84. The van der Waals surface area contributed by atoms with Crippen molar-refractivity contribution in [1.82, 2.24) is 0 Å². The average Bonchev–Trinajstić information content (AvgIpc) is 0.848. The first-order valence-electron chi connectivity index (χ1n) is 31.2. The summed E-state index contributed by atoms with van der Waals surface area (Å²) in [7, 11) is -139. The summed E-state index contributed by atoms with van der Waals surface area (Å²) in [5, 5.41) is 66.3. The van der Waals surface area contributed by atoms with E-state index in [-0.39, 0.29) is 126 Å². The molecule has 0 bridgehead atoms. The Kier molecular flexibility index (Phi) is 81.7. The van der Waals surface area contributed by atoms with Gasteiger partial charge in [0.15, 0.2) is 0 Å². The quantitative estimate of drug-likeness (QED) is 0.0169. The lowest BCUT2D eigenvalue weighted by Gasteiger charge is -2.17. The SMILES string of the molecule is C.C.C.C.C.C.C.C=CCOCC(O)COCC(O)COCC(O)COCC(O)COCC(O)COCC(O)CO.C=C[Si](=O)[Si](=O)[Si](=O)[Si](=O)[Si](C)(C)C.C[Si](C)(C)O[Si](=O)[Si](=O)[Si](=O)[Si](=O)[Si](=O)[Si](=O)[Si](=O)[Si](=O)[Si](=O)[Si](=O)[Si](=O)[Si](=O)[Si](=O)[Si](=O)[Si](=O)[Si](=O)[Si](=O)[Si](=O)[Si](=O)[Si](=O)[Si](=O)[Si](=O)[Si](=O)[Si](=O)[Si](=O)[Si](=O)[Si](=O)[Si](=O)[Si](C)(C)C.[HH]. The first kappa shape index (κ1) is 140. The number of rotatable bonds is 60. The fourth-order valence-corrected chi connectivity index (χ4v) is 382. The van der Waals surface area contributed by atoms with Crippen LogP contribution in [0, 0.1) is 0 Å². The molecule has 0 aliphatic carbocycles. The van der Waals surface area contributed by atoms with Crippen LogP contribution in [0.5, 0.6) is 0 Å². The minimum Gasteiger partial charge on any atom is -0.578 e. The Balaban J connectivity index is -0.000000201. The first-order valence-corrected chi connectivity index (χ1v) is 119. The molecule has 0 rings (SSSR count). The summed E-state index contributed by atoms with van der Waals surface area (Å²) in [4.78, 5) is 0. The third kappa shape index (κ3) is 52.1. The molecule has 120 heavy (non-hydrogen) atoms. The van der Waals surface area contributed by atoms with E-state index in [4.69, 9.17) is 42.7 Å². The van der Waals surface area contributed by atoms with E-state index in [1.165, 1.54) is 39.3 Å². The zero-order valence-electron chi connectivity index (χ0n) is 60.8. The van der Waals surface area contributed by atoms with Crippen LogP contribution in [0.3, 0.4) is 0 Å². The van der Waals surface area contributed by atoms with Crippen LogP contribution in [0.25, 0.3) is 0 Å². The van der Waals surface area contributed by atoms with Gasteiger partial charge in [0.1, 0.15) is 51.8 Å². The van der Waals surface area contributed by atoms with E-state index < -0.39 is 315 Å². The topological polar surface area (TPSA) is 752 Å². The molecule has 0 spiro atoms. The molecule has 0 aliphatic heterocycles. The highest BCUT2D eigenvalue weighted by atomic mass is 30.1. The Hall–Kier alpha value is -0.0491. The maximum atomic E-state index is 12.7. The normalized spacial score (nSPS) is 11.8. The summed E-state index contributed by atoms with van der Waals surface area (Å²) < 4.78 is 433. The van der Waals surface area contributed by atoms with E-state index in [9.17, 15) is 168 Å². The fraction of sp³-hybridized carbons (Fsp3) is 0.897. The van der Waals surface area contributed by atoms with E-state index in [0.717, 1.165) is 5.70 Å². The van der Waals surface area contributed by atoms with Crippen molar-refractivity contribution >= 4 is 272 Å². The van der Waals surface area contributed by atoms with Gasteiger partial charge in [0, 0.05) is 1.43 Å². The van der Waals surface area contributed by atoms with Crippen molar-refractivity contribution in [3.63, 3.8) is 0 Å². The summed E-state index contributed by atoms with van der Waals surface area (Å²) in [6, 6.07) is 0. The highest BCUT2D eigenvalue weighted by Gasteiger charge is 2.59. The summed E-state index contributed by atoms with van der Waals surface area (Å²) >= 11 is 0. The number of hydrogen-bond acceptors (Lipinski definition) is 46. The lowest BCUT2D eigenvalue weighted by atomic mass is 10.3. The maximum Gasteiger partial charge on any atom is 0.532 e. The molecule has 0 aromatic carbocycles. The Labute approximate surface area is 735 Å². The van der Waals surface area contributed by atoms with Crippen LogP contribution >= 0.6 is 0 Å². The van der Waals surface area contributed by atoms with Gasteiger partial charge < -0.3 is 211 Å². The van der Waals surface area contributed by atoms with Gasteiger partial charge in [-0.2, -0.15) is 0 Å². The molecule has 674 valence electrons. The van der Waals surface area contributed by atoms with Gasteiger partial charge in [0.25, 0.3) is 0 Å².